The predicted molar refractivity (Wildman–Crippen MR) is 80.1 cm³/mol. The Hall–Kier alpha value is -0.610. The number of pyridine rings is 1. The van der Waals surface area contributed by atoms with Crippen molar-refractivity contribution in [3.05, 3.63) is 22.8 Å². The molecule has 0 bridgehead atoms. The quantitative estimate of drug-likeness (QED) is 0.925. The summed E-state index contributed by atoms with van der Waals surface area (Å²) in [5, 5.41) is 3.55. The lowest BCUT2D eigenvalue weighted by Gasteiger charge is -2.37. The highest BCUT2D eigenvalue weighted by molar-refractivity contribution is 9.10. The van der Waals surface area contributed by atoms with Crippen molar-refractivity contribution in [1.82, 2.24) is 10.3 Å². The number of hydrogen-bond donors (Lipinski definition) is 1. The van der Waals surface area contributed by atoms with Crippen LogP contribution in [-0.4, -0.2) is 30.2 Å². The number of nitrogens with one attached hydrogen (secondary N) is 1. The SMILES string of the molecule is CC(C)NCC1CCCCN1c1ccc(Br)cn1. The molecule has 1 aliphatic heterocycles. The van der Waals surface area contributed by atoms with Crippen LogP contribution >= 0.6 is 15.9 Å². The summed E-state index contributed by atoms with van der Waals surface area (Å²) in [7, 11) is 0. The van der Waals surface area contributed by atoms with E-state index in [1.807, 2.05) is 6.20 Å². The summed E-state index contributed by atoms with van der Waals surface area (Å²) < 4.78 is 1.04. The van der Waals surface area contributed by atoms with Gasteiger partial charge in [0.05, 0.1) is 0 Å². The van der Waals surface area contributed by atoms with Crippen LogP contribution in [0, 0.1) is 0 Å². The smallest absolute Gasteiger partial charge is 0.128 e. The average Bonchev–Trinajstić information content (AvgIpc) is 2.38. The van der Waals surface area contributed by atoms with Crippen molar-refractivity contribution < 1.29 is 0 Å². The molecule has 0 amide bonds. The fourth-order valence-electron chi connectivity index (χ4n) is 2.42. The van der Waals surface area contributed by atoms with Gasteiger partial charge < -0.3 is 10.2 Å². The molecule has 1 fully saturated rings. The second-order valence-corrected chi connectivity index (χ2v) is 6.16. The first-order chi connectivity index (χ1) is 8.66. The third kappa shape index (κ3) is 3.69. The van der Waals surface area contributed by atoms with E-state index in [9.17, 15) is 0 Å². The first kappa shape index (κ1) is 13.8. The van der Waals surface area contributed by atoms with Gasteiger partial charge in [-0.3, -0.25) is 0 Å². The molecule has 0 aromatic carbocycles. The molecule has 1 aromatic rings. The van der Waals surface area contributed by atoms with Gasteiger partial charge in [0.1, 0.15) is 5.82 Å². The molecule has 0 aliphatic carbocycles. The normalized spacial score (nSPS) is 20.4. The fourth-order valence-corrected chi connectivity index (χ4v) is 2.66. The van der Waals surface area contributed by atoms with Crippen LogP contribution in [0.15, 0.2) is 22.8 Å². The molecule has 3 nitrogen and oxygen atoms in total. The van der Waals surface area contributed by atoms with Crippen molar-refractivity contribution in [2.24, 2.45) is 0 Å². The van der Waals surface area contributed by atoms with E-state index in [1.165, 1.54) is 19.3 Å². The van der Waals surface area contributed by atoms with Gasteiger partial charge in [-0.2, -0.15) is 0 Å². The van der Waals surface area contributed by atoms with Crippen molar-refractivity contribution >= 4 is 21.7 Å². The standard InChI is InChI=1S/C14H22BrN3/c1-11(2)16-10-13-5-3-4-8-18(13)14-7-6-12(15)9-17-14/h6-7,9,11,13,16H,3-5,8,10H2,1-2H3. The second kappa shape index (κ2) is 6.53. The molecule has 100 valence electrons. The maximum Gasteiger partial charge on any atom is 0.128 e. The van der Waals surface area contributed by atoms with Gasteiger partial charge in [-0.25, -0.2) is 4.98 Å². The lowest BCUT2D eigenvalue weighted by molar-refractivity contribution is 0.419. The van der Waals surface area contributed by atoms with Crippen molar-refractivity contribution in [3.63, 3.8) is 0 Å². The van der Waals surface area contributed by atoms with E-state index >= 15 is 0 Å². The summed E-state index contributed by atoms with van der Waals surface area (Å²) in [5.74, 6) is 1.11. The molecule has 0 saturated carbocycles. The first-order valence-corrected chi connectivity index (χ1v) is 7.57. The molecule has 1 unspecified atom stereocenters. The Morgan fingerprint density at radius 3 is 2.94 bits per heavy atom. The molecule has 1 aromatic heterocycles. The molecule has 1 aliphatic rings. The van der Waals surface area contributed by atoms with Crippen LogP contribution < -0.4 is 10.2 Å². The highest BCUT2D eigenvalue weighted by Gasteiger charge is 2.23. The Morgan fingerprint density at radius 2 is 2.28 bits per heavy atom. The van der Waals surface area contributed by atoms with Gasteiger partial charge in [0.2, 0.25) is 0 Å². The summed E-state index contributed by atoms with van der Waals surface area (Å²) in [6.45, 7) is 6.57. The summed E-state index contributed by atoms with van der Waals surface area (Å²) >= 11 is 3.44. The van der Waals surface area contributed by atoms with Crippen LogP contribution in [0.25, 0.3) is 0 Å². The molecule has 0 spiro atoms. The third-order valence-corrected chi connectivity index (χ3v) is 3.86. The van der Waals surface area contributed by atoms with Crippen LogP contribution in [0.5, 0.6) is 0 Å². The van der Waals surface area contributed by atoms with E-state index < -0.39 is 0 Å². The van der Waals surface area contributed by atoms with Crippen molar-refractivity contribution in [3.8, 4) is 0 Å². The van der Waals surface area contributed by atoms with E-state index in [4.69, 9.17) is 0 Å². The summed E-state index contributed by atoms with van der Waals surface area (Å²) in [6, 6.07) is 5.31. The molecule has 2 heterocycles. The zero-order valence-electron chi connectivity index (χ0n) is 11.2. The average molecular weight is 312 g/mol. The zero-order chi connectivity index (χ0) is 13.0. The van der Waals surface area contributed by atoms with Crippen molar-refractivity contribution in [2.45, 2.75) is 45.2 Å². The van der Waals surface area contributed by atoms with Gasteiger partial charge >= 0.3 is 0 Å². The molecule has 0 radical (unpaired) electrons. The molecule has 1 N–H and O–H groups in total. The van der Waals surface area contributed by atoms with Crippen LogP contribution in [-0.2, 0) is 0 Å². The molecular formula is C14H22BrN3. The van der Waals surface area contributed by atoms with E-state index in [0.29, 0.717) is 12.1 Å². The Bertz CT molecular complexity index is 364. The zero-order valence-corrected chi connectivity index (χ0v) is 12.8. The van der Waals surface area contributed by atoms with Crippen molar-refractivity contribution in [1.29, 1.82) is 0 Å². The predicted octanol–water partition coefficient (Wildman–Crippen LogP) is 3.20. The number of rotatable bonds is 4. The highest BCUT2D eigenvalue weighted by atomic mass is 79.9. The van der Waals surface area contributed by atoms with Crippen molar-refractivity contribution in [2.75, 3.05) is 18.0 Å². The van der Waals surface area contributed by atoms with Crippen LogP contribution in [0.3, 0.4) is 0 Å². The number of anilines is 1. The van der Waals surface area contributed by atoms with E-state index in [2.05, 4.69) is 57.1 Å². The molecule has 2 rings (SSSR count). The van der Waals surface area contributed by atoms with Crippen LogP contribution in [0.2, 0.25) is 0 Å². The summed E-state index contributed by atoms with van der Waals surface area (Å²) in [6.07, 6.45) is 5.75. The minimum absolute atomic E-state index is 0.548. The molecule has 1 atom stereocenters. The molecule has 18 heavy (non-hydrogen) atoms. The lowest BCUT2D eigenvalue weighted by atomic mass is 10.0. The summed E-state index contributed by atoms with van der Waals surface area (Å²) in [4.78, 5) is 6.98. The Labute approximate surface area is 118 Å². The number of hydrogen-bond acceptors (Lipinski definition) is 3. The van der Waals surface area contributed by atoms with Gasteiger partial charge in [-0.05, 0) is 47.3 Å². The van der Waals surface area contributed by atoms with Gasteiger partial charge in [0, 0.05) is 35.8 Å². The second-order valence-electron chi connectivity index (χ2n) is 5.24. The van der Waals surface area contributed by atoms with Gasteiger partial charge in [-0.15, -0.1) is 0 Å². The van der Waals surface area contributed by atoms with Gasteiger partial charge in [-0.1, -0.05) is 13.8 Å². The Balaban J connectivity index is 2.05. The Kier molecular flexibility index (Phi) is 5.01. The molecule has 4 heteroatoms. The van der Waals surface area contributed by atoms with E-state index in [1.54, 1.807) is 0 Å². The lowest BCUT2D eigenvalue weighted by Crippen LogP contribution is -2.47. The monoisotopic (exact) mass is 311 g/mol. The Morgan fingerprint density at radius 1 is 1.44 bits per heavy atom. The van der Waals surface area contributed by atoms with E-state index in [0.717, 1.165) is 23.4 Å². The maximum absolute atomic E-state index is 4.53. The topological polar surface area (TPSA) is 28.2 Å². The number of aromatic nitrogens is 1. The third-order valence-electron chi connectivity index (χ3n) is 3.39. The minimum atomic E-state index is 0.548. The minimum Gasteiger partial charge on any atom is -0.352 e. The highest BCUT2D eigenvalue weighted by Crippen LogP contribution is 2.23. The molecule has 1 saturated heterocycles. The van der Waals surface area contributed by atoms with Gasteiger partial charge in [0.15, 0.2) is 0 Å². The van der Waals surface area contributed by atoms with Gasteiger partial charge in [0.25, 0.3) is 0 Å². The maximum atomic E-state index is 4.53. The first-order valence-electron chi connectivity index (χ1n) is 6.78. The van der Waals surface area contributed by atoms with Crippen LogP contribution in [0.4, 0.5) is 5.82 Å². The number of halogens is 1. The largest absolute Gasteiger partial charge is 0.352 e. The number of nitrogens with zero attached hydrogens (tertiary/aromatic N) is 2. The number of piperidine rings is 1. The van der Waals surface area contributed by atoms with E-state index in [-0.39, 0.29) is 0 Å². The van der Waals surface area contributed by atoms with Crippen LogP contribution in [0.1, 0.15) is 33.1 Å². The molecular weight excluding hydrogens is 290 g/mol. The summed E-state index contributed by atoms with van der Waals surface area (Å²) in [5.41, 5.74) is 0. The fraction of sp³-hybridized carbons (Fsp3) is 0.643.